The van der Waals surface area contributed by atoms with Gasteiger partial charge in [0, 0.05) is 19.3 Å². The molecule has 1 saturated heterocycles. The Morgan fingerprint density at radius 1 is 1.30 bits per heavy atom. The lowest BCUT2D eigenvalue weighted by Gasteiger charge is -2.18. The van der Waals surface area contributed by atoms with E-state index in [-0.39, 0.29) is 17.0 Å². The first kappa shape index (κ1) is 16.9. The van der Waals surface area contributed by atoms with E-state index in [1.165, 1.54) is 31.2 Å². The predicted octanol–water partition coefficient (Wildman–Crippen LogP) is 0.187. The number of esters is 1. The monoisotopic (exact) mass is 340 g/mol. The SMILES string of the molecule is C[C@@H](OC(=O)c1ccccc1S(C)(=O)=O)C(=O)N1CCNC1=O. The number of benzene rings is 1. The third-order valence-electron chi connectivity index (χ3n) is 3.26. The van der Waals surface area contributed by atoms with Crippen molar-refractivity contribution in [2.75, 3.05) is 19.3 Å². The molecule has 1 aromatic carbocycles. The molecule has 8 nitrogen and oxygen atoms in total. The number of imide groups is 1. The second-order valence-electron chi connectivity index (χ2n) is 5.04. The van der Waals surface area contributed by atoms with E-state index >= 15 is 0 Å². The molecule has 0 bridgehead atoms. The molecule has 1 heterocycles. The maximum Gasteiger partial charge on any atom is 0.340 e. The van der Waals surface area contributed by atoms with E-state index in [1.807, 2.05) is 0 Å². The Balaban J connectivity index is 2.16. The average Bonchev–Trinajstić information content (AvgIpc) is 2.91. The van der Waals surface area contributed by atoms with Gasteiger partial charge in [-0.15, -0.1) is 0 Å². The van der Waals surface area contributed by atoms with Gasteiger partial charge in [-0.3, -0.25) is 9.69 Å². The minimum absolute atomic E-state index is 0.152. The molecule has 23 heavy (non-hydrogen) atoms. The molecule has 124 valence electrons. The second kappa shape index (κ2) is 6.37. The quantitative estimate of drug-likeness (QED) is 0.783. The van der Waals surface area contributed by atoms with E-state index in [0.29, 0.717) is 6.54 Å². The van der Waals surface area contributed by atoms with Gasteiger partial charge in [-0.1, -0.05) is 12.1 Å². The van der Waals surface area contributed by atoms with Gasteiger partial charge < -0.3 is 10.1 Å². The Hall–Kier alpha value is -2.42. The van der Waals surface area contributed by atoms with Gasteiger partial charge in [0.25, 0.3) is 5.91 Å². The minimum atomic E-state index is -3.62. The Kier molecular flexibility index (Phi) is 4.69. The second-order valence-corrected chi connectivity index (χ2v) is 7.02. The molecule has 1 aromatic rings. The summed E-state index contributed by atoms with van der Waals surface area (Å²) in [5.41, 5.74) is -0.152. The third kappa shape index (κ3) is 3.67. The Bertz CT molecular complexity index is 758. The van der Waals surface area contributed by atoms with E-state index in [0.717, 1.165) is 11.2 Å². The summed E-state index contributed by atoms with van der Waals surface area (Å²) in [6, 6.07) is 5.02. The summed E-state index contributed by atoms with van der Waals surface area (Å²) in [7, 11) is -3.62. The van der Waals surface area contributed by atoms with Crippen molar-refractivity contribution in [3.05, 3.63) is 29.8 Å². The lowest BCUT2D eigenvalue weighted by molar-refractivity contribution is -0.136. The zero-order valence-corrected chi connectivity index (χ0v) is 13.4. The molecule has 3 amide bonds. The smallest absolute Gasteiger partial charge is 0.340 e. The Morgan fingerprint density at radius 2 is 1.96 bits per heavy atom. The lowest BCUT2D eigenvalue weighted by atomic mass is 10.2. The van der Waals surface area contributed by atoms with Gasteiger partial charge in [0.05, 0.1) is 10.5 Å². The van der Waals surface area contributed by atoms with Gasteiger partial charge >= 0.3 is 12.0 Å². The molecule has 0 saturated carbocycles. The molecule has 0 aliphatic carbocycles. The molecule has 1 fully saturated rings. The summed E-state index contributed by atoms with van der Waals surface area (Å²) in [5.74, 6) is -1.60. The number of ether oxygens (including phenoxy) is 1. The number of urea groups is 1. The van der Waals surface area contributed by atoms with Gasteiger partial charge in [0.1, 0.15) is 0 Å². The van der Waals surface area contributed by atoms with Gasteiger partial charge in [0.15, 0.2) is 15.9 Å². The van der Waals surface area contributed by atoms with E-state index in [4.69, 9.17) is 4.74 Å². The summed E-state index contributed by atoms with van der Waals surface area (Å²) in [6.07, 6.45) is -0.235. The molecule has 9 heteroatoms. The number of carbonyl (C=O) groups is 3. The standard InChI is InChI=1S/C14H16N2O6S/c1-9(12(17)16-8-7-15-14(16)19)22-13(18)10-5-3-4-6-11(10)23(2,20)21/h3-6,9H,7-8H2,1-2H3,(H,15,19)/t9-/m1/s1. The number of nitrogens with zero attached hydrogens (tertiary/aromatic N) is 1. The van der Waals surface area contributed by atoms with Crippen LogP contribution in [0.4, 0.5) is 4.79 Å². The van der Waals surface area contributed by atoms with E-state index < -0.39 is 33.8 Å². The maximum atomic E-state index is 12.2. The highest BCUT2D eigenvalue weighted by molar-refractivity contribution is 7.90. The van der Waals surface area contributed by atoms with E-state index in [1.54, 1.807) is 0 Å². The van der Waals surface area contributed by atoms with Crippen molar-refractivity contribution in [3.8, 4) is 0 Å². The number of rotatable bonds is 4. The first-order chi connectivity index (χ1) is 10.7. The highest BCUT2D eigenvalue weighted by atomic mass is 32.2. The fourth-order valence-corrected chi connectivity index (χ4v) is 3.01. The fourth-order valence-electron chi connectivity index (χ4n) is 2.13. The van der Waals surface area contributed by atoms with Crippen molar-refractivity contribution >= 4 is 27.7 Å². The first-order valence-corrected chi connectivity index (χ1v) is 8.70. The number of carbonyl (C=O) groups excluding carboxylic acids is 3. The predicted molar refractivity (Wildman–Crippen MR) is 79.5 cm³/mol. The van der Waals surface area contributed by atoms with Crippen LogP contribution in [0.25, 0.3) is 0 Å². The molecule has 0 aromatic heterocycles. The summed E-state index contributed by atoms with van der Waals surface area (Å²) in [4.78, 5) is 36.4. The highest BCUT2D eigenvalue weighted by Crippen LogP contribution is 2.17. The van der Waals surface area contributed by atoms with Crippen LogP contribution in [0.2, 0.25) is 0 Å². The van der Waals surface area contributed by atoms with Gasteiger partial charge in [-0.25, -0.2) is 18.0 Å². The van der Waals surface area contributed by atoms with Crippen LogP contribution < -0.4 is 5.32 Å². The largest absolute Gasteiger partial charge is 0.449 e. The first-order valence-electron chi connectivity index (χ1n) is 6.81. The zero-order chi connectivity index (χ0) is 17.2. The molecule has 1 N–H and O–H groups in total. The highest BCUT2D eigenvalue weighted by Gasteiger charge is 2.32. The molecule has 0 radical (unpaired) electrons. The van der Waals surface area contributed by atoms with Crippen LogP contribution in [-0.4, -0.2) is 56.7 Å². The van der Waals surface area contributed by atoms with Crippen molar-refractivity contribution < 1.29 is 27.5 Å². The Morgan fingerprint density at radius 3 is 2.52 bits per heavy atom. The summed E-state index contributed by atoms with van der Waals surface area (Å²) >= 11 is 0. The number of sulfone groups is 1. The van der Waals surface area contributed by atoms with Crippen molar-refractivity contribution in [3.63, 3.8) is 0 Å². The zero-order valence-electron chi connectivity index (χ0n) is 12.6. The Labute approximate surface area is 133 Å². The van der Waals surface area contributed by atoms with Crippen molar-refractivity contribution in [2.24, 2.45) is 0 Å². The molecule has 0 unspecified atom stereocenters. The van der Waals surface area contributed by atoms with Crippen LogP contribution in [0.3, 0.4) is 0 Å². The van der Waals surface area contributed by atoms with Gasteiger partial charge in [-0.2, -0.15) is 0 Å². The minimum Gasteiger partial charge on any atom is -0.449 e. The average molecular weight is 340 g/mol. The van der Waals surface area contributed by atoms with Crippen molar-refractivity contribution in [1.82, 2.24) is 10.2 Å². The number of hydrogen-bond acceptors (Lipinski definition) is 6. The molecule has 0 spiro atoms. The maximum absolute atomic E-state index is 12.2. The molecule has 1 aliphatic heterocycles. The van der Waals surface area contributed by atoms with E-state index in [9.17, 15) is 22.8 Å². The number of amides is 3. The van der Waals surface area contributed by atoms with Crippen LogP contribution in [0.1, 0.15) is 17.3 Å². The third-order valence-corrected chi connectivity index (χ3v) is 4.42. The van der Waals surface area contributed by atoms with Crippen LogP contribution in [-0.2, 0) is 19.4 Å². The van der Waals surface area contributed by atoms with Crippen LogP contribution in [0.15, 0.2) is 29.2 Å². The van der Waals surface area contributed by atoms with Gasteiger partial charge in [-0.05, 0) is 19.1 Å². The van der Waals surface area contributed by atoms with Gasteiger partial charge in [0.2, 0.25) is 0 Å². The molecular formula is C14H16N2O6S. The summed E-state index contributed by atoms with van der Waals surface area (Å²) < 4.78 is 28.4. The lowest BCUT2D eigenvalue weighted by Crippen LogP contribution is -2.41. The topological polar surface area (TPSA) is 110 Å². The fraction of sp³-hybridized carbons (Fsp3) is 0.357. The normalized spacial score (nSPS) is 15.9. The molecule has 1 atom stereocenters. The van der Waals surface area contributed by atoms with Crippen LogP contribution in [0.5, 0.6) is 0 Å². The van der Waals surface area contributed by atoms with Crippen LogP contribution in [0, 0.1) is 0 Å². The number of nitrogens with one attached hydrogen (secondary N) is 1. The molecular weight excluding hydrogens is 324 g/mol. The summed E-state index contributed by atoms with van der Waals surface area (Å²) in [5, 5.41) is 2.47. The molecule has 1 aliphatic rings. The summed E-state index contributed by atoms with van der Waals surface area (Å²) in [6.45, 7) is 1.86. The van der Waals surface area contributed by atoms with Crippen molar-refractivity contribution in [1.29, 1.82) is 0 Å². The molecule has 2 rings (SSSR count). The van der Waals surface area contributed by atoms with Crippen LogP contribution >= 0.6 is 0 Å². The van der Waals surface area contributed by atoms with E-state index in [2.05, 4.69) is 5.32 Å². The van der Waals surface area contributed by atoms with Crippen molar-refractivity contribution in [2.45, 2.75) is 17.9 Å². The number of hydrogen-bond donors (Lipinski definition) is 1.